The van der Waals surface area contributed by atoms with E-state index in [1.807, 2.05) is 0 Å². The lowest BCUT2D eigenvalue weighted by molar-refractivity contribution is -0.129. The molecule has 3 fully saturated rings. The first-order chi connectivity index (χ1) is 8.17. The quantitative estimate of drug-likeness (QED) is 0.744. The Hall–Kier alpha value is -0.610. The minimum atomic E-state index is -0.174. The van der Waals surface area contributed by atoms with E-state index in [9.17, 15) is 4.79 Å². The van der Waals surface area contributed by atoms with Crippen LogP contribution in [0, 0.1) is 5.41 Å². The van der Waals surface area contributed by atoms with E-state index in [-0.39, 0.29) is 11.3 Å². The summed E-state index contributed by atoms with van der Waals surface area (Å²) < 4.78 is 0. The molecule has 2 N–H and O–H groups in total. The zero-order valence-electron chi connectivity index (χ0n) is 10.7. The smallest absolute Gasteiger partial charge is 0.227 e. The van der Waals surface area contributed by atoms with Crippen molar-refractivity contribution in [2.75, 3.05) is 26.2 Å². The molecule has 3 aliphatic rings. The van der Waals surface area contributed by atoms with Crippen LogP contribution in [-0.2, 0) is 4.79 Å². The third kappa shape index (κ3) is 2.33. The highest BCUT2D eigenvalue weighted by atomic mass is 16.2. The van der Waals surface area contributed by atoms with E-state index in [1.54, 1.807) is 0 Å². The molecule has 2 saturated heterocycles. The van der Waals surface area contributed by atoms with Gasteiger partial charge in [0.1, 0.15) is 0 Å². The average molecular weight is 237 g/mol. The zero-order chi connectivity index (χ0) is 11.9. The number of rotatable bonds is 3. The van der Waals surface area contributed by atoms with Crippen LogP contribution >= 0.6 is 0 Å². The molecule has 4 nitrogen and oxygen atoms in total. The maximum atomic E-state index is 12.2. The second-order valence-corrected chi connectivity index (χ2v) is 6.17. The number of hydrogen-bond acceptors (Lipinski definition) is 3. The average Bonchev–Trinajstić information content (AvgIpc) is 2.89. The molecule has 17 heavy (non-hydrogen) atoms. The molecular weight excluding hydrogens is 214 g/mol. The normalized spacial score (nSPS) is 38.5. The van der Waals surface area contributed by atoms with E-state index < -0.39 is 0 Å². The minimum absolute atomic E-state index is 0.174. The van der Waals surface area contributed by atoms with Gasteiger partial charge >= 0.3 is 0 Å². The highest BCUT2D eigenvalue weighted by Gasteiger charge is 2.39. The van der Waals surface area contributed by atoms with Gasteiger partial charge in [-0.2, -0.15) is 0 Å². The maximum Gasteiger partial charge on any atom is 0.227 e. The number of carbonyl (C=O) groups is 1. The van der Waals surface area contributed by atoms with Gasteiger partial charge in [-0.3, -0.25) is 9.69 Å². The van der Waals surface area contributed by atoms with E-state index >= 15 is 0 Å². The molecule has 1 saturated carbocycles. The predicted molar refractivity (Wildman–Crippen MR) is 66.7 cm³/mol. The van der Waals surface area contributed by atoms with Crippen LogP contribution < -0.4 is 10.6 Å². The molecule has 2 aliphatic heterocycles. The summed E-state index contributed by atoms with van der Waals surface area (Å²) in [4.78, 5) is 14.8. The first-order valence-corrected chi connectivity index (χ1v) is 6.93. The standard InChI is InChI=1S/C13H23N3O/c1-13(5-6-14-9-13)12(17)15-10-4-7-16(8-10)11-2-3-11/h10-11,14H,2-9H2,1H3,(H,15,17). The van der Waals surface area contributed by atoms with Crippen molar-refractivity contribution in [3.63, 3.8) is 0 Å². The highest BCUT2D eigenvalue weighted by Crippen LogP contribution is 2.30. The van der Waals surface area contributed by atoms with Gasteiger partial charge in [0, 0.05) is 31.7 Å². The lowest BCUT2D eigenvalue weighted by Gasteiger charge is -2.24. The molecule has 2 heterocycles. The first kappa shape index (κ1) is 11.5. The van der Waals surface area contributed by atoms with Crippen LogP contribution in [0.4, 0.5) is 0 Å². The number of amides is 1. The minimum Gasteiger partial charge on any atom is -0.352 e. The van der Waals surface area contributed by atoms with E-state index in [0.29, 0.717) is 6.04 Å². The van der Waals surface area contributed by atoms with Crippen LogP contribution in [0.15, 0.2) is 0 Å². The Balaban J connectivity index is 1.51. The van der Waals surface area contributed by atoms with E-state index in [1.165, 1.54) is 19.4 Å². The molecule has 96 valence electrons. The van der Waals surface area contributed by atoms with Gasteiger partial charge in [-0.15, -0.1) is 0 Å². The fourth-order valence-corrected chi connectivity index (χ4v) is 3.05. The van der Waals surface area contributed by atoms with Crippen molar-refractivity contribution in [2.24, 2.45) is 5.41 Å². The summed E-state index contributed by atoms with van der Waals surface area (Å²) in [6.07, 6.45) is 4.83. The first-order valence-electron chi connectivity index (χ1n) is 6.93. The number of likely N-dealkylation sites (tertiary alicyclic amines) is 1. The third-order valence-electron chi connectivity index (χ3n) is 4.54. The number of nitrogens with one attached hydrogen (secondary N) is 2. The summed E-state index contributed by atoms with van der Waals surface area (Å²) in [5, 5.41) is 6.54. The Morgan fingerprint density at radius 2 is 2.24 bits per heavy atom. The Bertz CT molecular complexity index is 308. The summed E-state index contributed by atoms with van der Waals surface area (Å²) in [5.41, 5.74) is -0.174. The molecule has 0 bridgehead atoms. The fraction of sp³-hybridized carbons (Fsp3) is 0.923. The molecular formula is C13H23N3O. The molecule has 2 atom stereocenters. The lowest BCUT2D eigenvalue weighted by atomic mass is 9.88. The topological polar surface area (TPSA) is 44.4 Å². The molecule has 0 radical (unpaired) electrons. The van der Waals surface area contributed by atoms with Gasteiger partial charge in [0.25, 0.3) is 0 Å². The third-order valence-corrected chi connectivity index (χ3v) is 4.54. The second kappa shape index (κ2) is 4.25. The molecule has 0 aromatic carbocycles. The van der Waals surface area contributed by atoms with Gasteiger partial charge in [0.2, 0.25) is 5.91 Å². The summed E-state index contributed by atoms with van der Waals surface area (Å²) in [6, 6.07) is 1.22. The largest absolute Gasteiger partial charge is 0.352 e. The Kier molecular flexibility index (Phi) is 2.87. The summed E-state index contributed by atoms with van der Waals surface area (Å²) in [7, 11) is 0. The SMILES string of the molecule is CC1(C(=O)NC2CCN(C3CC3)C2)CCNC1. The molecule has 3 rings (SSSR count). The van der Waals surface area contributed by atoms with Gasteiger partial charge in [0.15, 0.2) is 0 Å². The van der Waals surface area contributed by atoms with Crippen molar-refractivity contribution < 1.29 is 4.79 Å². The molecule has 2 unspecified atom stereocenters. The Labute approximate surface area is 103 Å². The lowest BCUT2D eigenvalue weighted by Crippen LogP contribution is -2.46. The van der Waals surface area contributed by atoms with Crippen molar-refractivity contribution in [3.05, 3.63) is 0 Å². The van der Waals surface area contributed by atoms with Crippen LogP contribution in [0.3, 0.4) is 0 Å². The second-order valence-electron chi connectivity index (χ2n) is 6.17. The van der Waals surface area contributed by atoms with Gasteiger partial charge in [-0.05, 0) is 39.2 Å². The van der Waals surface area contributed by atoms with Crippen molar-refractivity contribution in [3.8, 4) is 0 Å². The monoisotopic (exact) mass is 237 g/mol. The van der Waals surface area contributed by atoms with Crippen LogP contribution in [0.5, 0.6) is 0 Å². The van der Waals surface area contributed by atoms with E-state index in [2.05, 4.69) is 22.5 Å². The number of nitrogens with zero attached hydrogens (tertiary/aromatic N) is 1. The van der Waals surface area contributed by atoms with Crippen molar-refractivity contribution >= 4 is 5.91 Å². The van der Waals surface area contributed by atoms with Gasteiger partial charge in [-0.25, -0.2) is 0 Å². The number of carbonyl (C=O) groups excluding carboxylic acids is 1. The van der Waals surface area contributed by atoms with Crippen molar-refractivity contribution in [1.29, 1.82) is 0 Å². The Morgan fingerprint density at radius 1 is 1.41 bits per heavy atom. The highest BCUT2D eigenvalue weighted by molar-refractivity contribution is 5.83. The molecule has 1 aliphatic carbocycles. The molecule has 0 aromatic rings. The fourth-order valence-electron chi connectivity index (χ4n) is 3.05. The Morgan fingerprint density at radius 3 is 2.88 bits per heavy atom. The summed E-state index contributed by atoms with van der Waals surface area (Å²) in [6.45, 7) is 6.13. The van der Waals surface area contributed by atoms with Crippen LogP contribution in [0.2, 0.25) is 0 Å². The van der Waals surface area contributed by atoms with Crippen molar-refractivity contribution in [2.45, 2.75) is 44.7 Å². The van der Waals surface area contributed by atoms with Gasteiger partial charge < -0.3 is 10.6 Å². The summed E-state index contributed by atoms with van der Waals surface area (Å²) >= 11 is 0. The van der Waals surface area contributed by atoms with Crippen molar-refractivity contribution in [1.82, 2.24) is 15.5 Å². The summed E-state index contributed by atoms with van der Waals surface area (Å²) in [5.74, 6) is 0.255. The van der Waals surface area contributed by atoms with E-state index in [0.717, 1.165) is 38.5 Å². The molecule has 0 spiro atoms. The number of hydrogen-bond donors (Lipinski definition) is 2. The molecule has 0 aromatic heterocycles. The van der Waals surface area contributed by atoms with Crippen LogP contribution in [0.25, 0.3) is 0 Å². The maximum absolute atomic E-state index is 12.2. The van der Waals surface area contributed by atoms with Crippen LogP contribution in [-0.4, -0.2) is 49.1 Å². The molecule has 1 amide bonds. The zero-order valence-corrected chi connectivity index (χ0v) is 10.7. The van der Waals surface area contributed by atoms with Gasteiger partial charge in [-0.1, -0.05) is 0 Å². The van der Waals surface area contributed by atoms with Crippen LogP contribution in [0.1, 0.15) is 32.6 Å². The van der Waals surface area contributed by atoms with Gasteiger partial charge in [0.05, 0.1) is 5.41 Å². The van der Waals surface area contributed by atoms with E-state index in [4.69, 9.17) is 0 Å². The molecule has 4 heteroatoms. The predicted octanol–water partition coefficient (Wildman–Crippen LogP) is 0.339.